The van der Waals surface area contributed by atoms with Crippen molar-refractivity contribution in [1.82, 2.24) is 19.8 Å². The van der Waals surface area contributed by atoms with Crippen molar-refractivity contribution < 1.29 is 23.0 Å². The number of halogens is 3. The molecule has 0 aromatic carbocycles. The summed E-state index contributed by atoms with van der Waals surface area (Å²) in [5.74, 6) is 0.581. The summed E-state index contributed by atoms with van der Waals surface area (Å²) in [5.41, 5.74) is 2.00. The van der Waals surface area contributed by atoms with E-state index in [0.29, 0.717) is 25.3 Å². The van der Waals surface area contributed by atoms with Gasteiger partial charge in [0.1, 0.15) is 36.7 Å². The minimum Gasteiger partial charge on any atom is -0.477 e. The van der Waals surface area contributed by atoms with Crippen LogP contribution in [-0.4, -0.2) is 81.5 Å². The van der Waals surface area contributed by atoms with Crippen LogP contribution >= 0.6 is 11.6 Å². The lowest BCUT2D eigenvalue weighted by atomic mass is 9.74. The summed E-state index contributed by atoms with van der Waals surface area (Å²) in [5, 5.41) is 3.78. The van der Waals surface area contributed by atoms with Crippen LogP contribution in [-0.2, 0) is 9.47 Å². The number of rotatable bonds is 3. The minimum atomic E-state index is -0.877. The third-order valence-corrected chi connectivity index (χ3v) is 9.86. The molecule has 0 unspecified atom stereocenters. The summed E-state index contributed by atoms with van der Waals surface area (Å²) in [6, 6.07) is -0.0435. The zero-order chi connectivity index (χ0) is 28.7. The molecule has 7 heterocycles. The first-order valence-electron chi connectivity index (χ1n) is 14.9. The molecule has 4 atom stereocenters. The Labute approximate surface area is 244 Å². The molecule has 4 bridgehead atoms. The van der Waals surface area contributed by atoms with Crippen LogP contribution in [0.15, 0.2) is 50.9 Å². The van der Waals surface area contributed by atoms with E-state index in [2.05, 4.69) is 4.90 Å². The molecule has 222 valence electrons. The van der Waals surface area contributed by atoms with Crippen molar-refractivity contribution in [2.45, 2.75) is 95.5 Å². The van der Waals surface area contributed by atoms with Gasteiger partial charge in [0.15, 0.2) is 0 Å². The fourth-order valence-corrected chi connectivity index (χ4v) is 8.17. The molecule has 0 N–H and O–H groups in total. The molecule has 1 amide bonds. The highest BCUT2D eigenvalue weighted by Crippen LogP contribution is 2.50. The van der Waals surface area contributed by atoms with Gasteiger partial charge in [-0.05, 0) is 78.3 Å². The number of amidine groups is 1. The maximum Gasteiger partial charge on any atom is 0.429 e. The SMILES string of the molecule is CC(C)(C)OC(=O)N1[C@H]2CCC3=C4C(=NCN31)N1C(=CC(Cl)=C(F)C=C1OC[C@@]13CCCN1C[C@H](F)C3)CCC[C@H]42. The Morgan fingerprint density at radius 1 is 1.22 bits per heavy atom. The van der Waals surface area contributed by atoms with Gasteiger partial charge in [0.25, 0.3) is 0 Å². The van der Waals surface area contributed by atoms with Crippen LogP contribution < -0.4 is 0 Å². The Hall–Kier alpha value is -2.59. The monoisotopic (exact) mass is 589 g/mol. The second-order valence-electron chi connectivity index (χ2n) is 13.3. The number of carbonyl (C=O) groups is 1. The van der Waals surface area contributed by atoms with Gasteiger partial charge in [-0.2, -0.15) is 0 Å². The molecule has 8 aliphatic rings. The van der Waals surface area contributed by atoms with Crippen LogP contribution in [0.4, 0.5) is 13.6 Å². The van der Waals surface area contributed by atoms with Crippen molar-refractivity contribution in [3.05, 3.63) is 45.9 Å². The van der Waals surface area contributed by atoms with Gasteiger partial charge in [-0.1, -0.05) is 11.6 Å². The predicted octanol–water partition coefficient (Wildman–Crippen LogP) is 6.09. The smallest absolute Gasteiger partial charge is 0.429 e. The molecule has 4 saturated heterocycles. The average Bonchev–Trinajstić information content (AvgIpc) is 3.38. The van der Waals surface area contributed by atoms with Gasteiger partial charge in [-0.3, -0.25) is 14.8 Å². The molecule has 0 radical (unpaired) electrons. The van der Waals surface area contributed by atoms with Gasteiger partial charge in [0.2, 0.25) is 5.88 Å². The van der Waals surface area contributed by atoms with E-state index in [0.717, 1.165) is 67.9 Å². The Morgan fingerprint density at radius 3 is 2.85 bits per heavy atom. The second-order valence-corrected chi connectivity index (χ2v) is 13.7. The van der Waals surface area contributed by atoms with E-state index < -0.39 is 17.6 Å². The number of ether oxygens (including phenoxy) is 2. The molecule has 11 heteroatoms. The van der Waals surface area contributed by atoms with E-state index >= 15 is 4.39 Å². The highest BCUT2D eigenvalue weighted by Gasteiger charge is 2.53. The number of hydrogen-bond donors (Lipinski definition) is 0. The maximum atomic E-state index is 15.3. The van der Waals surface area contributed by atoms with E-state index in [1.54, 1.807) is 11.1 Å². The largest absolute Gasteiger partial charge is 0.477 e. The molecule has 7 aliphatic heterocycles. The third-order valence-electron chi connectivity index (χ3n) is 9.57. The molecule has 1 aliphatic carbocycles. The number of amides is 1. The van der Waals surface area contributed by atoms with E-state index in [1.165, 1.54) is 6.08 Å². The first kappa shape index (κ1) is 27.3. The molecular weight excluding hydrogens is 552 g/mol. The summed E-state index contributed by atoms with van der Waals surface area (Å²) in [4.78, 5) is 22.5. The lowest BCUT2D eigenvalue weighted by Gasteiger charge is -2.56. The van der Waals surface area contributed by atoms with Gasteiger partial charge in [0, 0.05) is 41.9 Å². The van der Waals surface area contributed by atoms with Crippen molar-refractivity contribution in [2.75, 3.05) is 26.4 Å². The summed E-state index contributed by atoms with van der Waals surface area (Å²) < 4.78 is 42.1. The van der Waals surface area contributed by atoms with E-state index in [9.17, 15) is 9.18 Å². The highest BCUT2D eigenvalue weighted by molar-refractivity contribution is 6.31. The zero-order valence-corrected chi connectivity index (χ0v) is 24.7. The van der Waals surface area contributed by atoms with Crippen LogP contribution in [0.2, 0.25) is 0 Å². The first-order valence-corrected chi connectivity index (χ1v) is 15.3. The van der Waals surface area contributed by atoms with Gasteiger partial charge < -0.3 is 9.47 Å². The summed E-state index contributed by atoms with van der Waals surface area (Å²) in [6.45, 7) is 7.44. The van der Waals surface area contributed by atoms with Crippen molar-refractivity contribution in [3.63, 3.8) is 0 Å². The molecule has 4 fully saturated rings. The van der Waals surface area contributed by atoms with Crippen molar-refractivity contribution in [2.24, 2.45) is 10.9 Å². The van der Waals surface area contributed by atoms with Crippen LogP contribution in [0.1, 0.15) is 72.1 Å². The van der Waals surface area contributed by atoms with Crippen LogP contribution in [0.5, 0.6) is 0 Å². The molecule has 0 aromatic heterocycles. The van der Waals surface area contributed by atoms with E-state index in [1.807, 2.05) is 30.7 Å². The zero-order valence-electron chi connectivity index (χ0n) is 24.0. The number of hydrogen-bond acceptors (Lipinski definition) is 7. The molecule has 41 heavy (non-hydrogen) atoms. The summed E-state index contributed by atoms with van der Waals surface area (Å²) in [7, 11) is 0. The normalized spacial score (nSPS) is 33.1. The number of nitrogens with zero attached hydrogens (tertiary/aromatic N) is 5. The topological polar surface area (TPSA) is 60.9 Å². The molecule has 0 aromatic rings. The van der Waals surface area contributed by atoms with Crippen LogP contribution in [0.25, 0.3) is 0 Å². The molecule has 0 spiro atoms. The quantitative estimate of drug-likeness (QED) is 0.397. The number of hydrazine groups is 1. The lowest BCUT2D eigenvalue weighted by molar-refractivity contribution is -0.0954. The fourth-order valence-electron chi connectivity index (χ4n) is 7.99. The Balaban J connectivity index is 1.25. The Morgan fingerprint density at radius 2 is 2.05 bits per heavy atom. The van der Waals surface area contributed by atoms with Crippen molar-refractivity contribution in [3.8, 4) is 0 Å². The predicted molar refractivity (Wildman–Crippen MR) is 151 cm³/mol. The van der Waals surface area contributed by atoms with Gasteiger partial charge in [-0.25, -0.2) is 23.6 Å². The van der Waals surface area contributed by atoms with E-state index in [4.69, 9.17) is 26.1 Å². The van der Waals surface area contributed by atoms with Gasteiger partial charge in [0.05, 0.1) is 16.6 Å². The van der Waals surface area contributed by atoms with Crippen molar-refractivity contribution in [1.29, 1.82) is 0 Å². The molecule has 0 saturated carbocycles. The second kappa shape index (κ2) is 9.73. The number of fused-ring (bicyclic) bond motifs is 4. The first-order chi connectivity index (χ1) is 19.5. The highest BCUT2D eigenvalue weighted by atomic mass is 35.5. The average molecular weight is 590 g/mol. The fraction of sp³-hybridized carbons (Fsp3) is 0.667. The van der Waals surface area contributed by atoms with E-state index in [-0.39, 0.29) is 41.9 Å². The molecule has 8 nitrogen and oxygen atoms in total. The van der Waals surface area contributed by atoms with Crippen LogP contribution in [0, 0.1) is 5.92 Å². The standard InChI is InChI=1S/C30H38ClF2N5O3/c1-29(2,3)41-28(39)38-23-8-9-24-26-20(23)7-4-6-19-12-21(31)22(33)13-25(37(19)27(26)34-17-36(24)38)40-16-30-10-5-11-35(30)15-18(32)14-30/h12-13,18,20,23H,4-11,14-17H2,1-3H3/t18-,20+,23+,30+/m1/s1. The number of carbonyl (C=O) groups excluding carboxylic acids is 1. The lowest BCUT2D eigenvalue weighted by Crippen LogP contribution is -2.64. The summed E-state index contributed by atoms with van der Waals surface area (Å²) in [6.07, 6.45) is 8.13. The van der Waals surface area contributed by atoms with Gasteiger partial charge >= 0.3 is 6.09 Å². The van der Waals surface area contributed by atoms with Crippen molar-refractivity contribution >= 4 is 23.5 Å². The number of alkyl halides is 1. The van der Waals surface area contributed by atoms with Crippen LogP contribution in [0.3, 0.4) is 0 Å². The Bertz CT molecular complexity index is 1320. The maximum absolute atomic E-state index is 15.3. The number of aliphatic imine (C=N–C) groups is 1. The Kier molecular flexibility index (Phi) is 6.47. The van der Waals surface area contributed by atoms with Gasteiger partial charge in [-0.15, -0.1) is 0 Å². The minimum absolute atomic E-state index is 0.0306. The molecule has 8 rings (SSSR count). The summed E-state index contributed by atoms with van der Waals surface area (Å²) >= 11 is 6.42. The molecular formula is C30H38ClF2N5O3. The number of allylic oxidation sites excluding steroid dienone is 6. The third kappa shape index (κ3) is 4.47.